The second-order valence-corrected chi connectivity index (χ2v) is 5.11. The summed E-state index contributed by atoms with van der Waals surface area (Å²) in [5.74, 6) is 1.38. The molecule has 0 saturated heterocycles. The lowest BCUT2D eigenvalue weighted by molar-refractivity contribution is -0.119. The maximum absolute atomic E-state index is 11.7. The Labute approximate surface area is 140 Å². The predicted octanol–water partition coefficient (Wildman–Crippen LogP) is 2.96. The van der Waals surface area contributed by atoms with Gasteiger partial charge in [0.25, 0.3) is 0 Å². The molecular formula is C17H19ClN2O3. The van der Waals surface area contributed by atoms with E-state index in [1.807, 2.05) is 42.5 Å². The van der Waals surface area contributed by atoms with Crippen LogP contribution in [0.25, 0.3) is 0 Å². The number of carbonyl (C=O) groups excluding carboxylic acids is 1. The SMILES string of the molecule is COc1ccc(OCCNC(=O)CNc2ccccc2Cl)cc1. The van der Waals surface area contributed by atoms with Crippen LogP contribution in [-0.4, -0.2) is 32.7 Å². The monoisotopic (exact) mass is 334 g/mol. The summed E-state index contributed by atoms with van der Waals surface area (Å²) in [5, 5.41) is 6.34. The third kappa shape index (κ3) is 5.71. The van der Waals surface area contributed by atoms with E-state index in [0.29, 0.717) is 18.2 Å². The van der Waals surface area contributed by atoms with Gasteiger partial charge in [-0.3, -0.25) is 4.79 Å². The first-order valence-electron chi connectivity index (χ1n) is 7.21. The number of halogens is 1. The fraction of sp³-hybridized carbons (Fsp3) is 0.235. The van der Waals surface area contributed by atoms with Crippen LogP contribution < -0.4 is 20.1 Å². The van der Waals surface area contributed by atoms with Gasteiger partial charge in [0.05, 0.1) is 30.9 Å². The first-order valence-corrected chi connectivity index (χ1v) is 7.59. The molecule has 0 bridgehead atoms. The summed E-state index contributed by atoms with van der Waals surface area (Å²) in [7, 11) is 1.61. The molecule has 0 aliphatic carbocycles. The van der Waals surface area contributed by atoms with E-state index in [2.05, 4.69) is 10.6 Å². The standard InChI is InChI=1S/C17H19ClN2O3/c1-22-13-6-8-14(9-7-13)23-11-10-19-17(21)12-20-16-5-3-2-4-15(16)18/h2-9,20H,10-12H2,1H3,(H,19,21). The van der Waals surface area contributed by atoms with Crippen molar-refractivity contribution in [1.29, 1.82) is 0 Å². The molecule has 2 rings (SSSR count). The molecule has 5 nitrogen and oxygen atoms in total. The number of carbonyl (C=O) groups is 1. The molecule has 0 radical (unpaired) electrons. The minimum absolute atomic E-state index is 0.122. The van der Waals surface area contributed by atoms with Gasteiger partial charge in [0.1, 0.15) is 18.1 Å². The second kappa shape index (κ2) is 8.90. The van der Waals surface area contributed by atoms with Crippen LogP contribution in [0.2, 0.25) is 5.02 Å². The average molecular weight is 335 g/mol. The van der Waals surface area contributed by atoms with Crippen LogP contribution in [0.3, 0.4) is 0 Å². The van der Waals surface area contributed by atoms with Crippen LogP contribution in [-0.2, 0) is 4.79 Å². The number of anilines is 1. The minimum Gasteiger partial charge on any atom is -0.497 e. The molecule has 0 aliphatic rings. The van der Waals surface area contributed by atoms with Gasteiger partial charge in [-0.1, -0.05) is 23.7 Å². The summed E-state index contributed by atoms with van der Waals surface area (Å²) in [5.41, 5.74) is 0.735. The minimum atomic E-state index is -0.122. The zero-order valence-electron chi connectivity index (χ0n) is 12.8. The fourth-order valence-corrected chi connectivity index (χ4v) is 2.08. The van der Waals surface area contributed by atoms with Gasteiger partial charge >= 0.3 is 0 Å². The Morgan fingerprint density at radius 2 is 1.78 bits per heavy atom. The summed E-state index contributed by atoms with van der Waals surface area (Å²) in [6, 6.07) is 14.6. The van der Waals surface area contributed by atoms with Gasteiger partial charge in [0, 0.05) is 0 Å². The molecule has 1 amide bonds. The number of nitrogens with one attached hydrogen (secondary N) is 2. The maximum Gasteiger partial charge on any atom is 0.239 e. The Morgan fingerprint density at radius 1 is 1.09 bits per heavy atom. The highest BCUT2D eigenvalue weighted by Gasteiger charge is 2.03. The van der Waals surface area contributed by atoms with E-state index in [0.717, 1.165) is 17.2 Å². The highest BCUT2D eigenvalue weighted by atomic mass is 35.5. The van der Waals surface area contributed by atoms with Crippen LogP contribution in [0.5, 0.6) is 11.5 Å². The molecule has 23 heavy (non-hydrogen) atoms. The largest absolute Gasteiger partial charge is 0.497 e. The molecule has 0 fully saturated rings. The Morgan fingerprint density at radius 3 is 2.48 bits per heavy atom. The van der Waals surface area contributed by atoms with E-state index in [1.165, 1.54) is 0 Å². The van der Waals surface area contributed by atoms with Crippen LogP contribution in [0.1, 0.15) is 0 Å². The first-order chi connectivity index (χ1) is 11.2. The van der Waals surface area contributed by atoms with E-state index in [9.17, 15) is 4.79 Å². The van der Waals surface area contributed by atoms with Gasteiger partial charge in [-0.2, -0.15) is 0 Å². The molecule has 2 N–H and O–H groups in total. The summed E-state index contributed by atoms with van der Waals surface area (Å²) in [4.78, 5) is 11.7. The molecule has 0 aliphatic heterocycles. The van der Waals surface area contributed by atoms with Crippen molar-refractivity contribution < 1.29 is 14.3 Å². The lowest BCUT2D eigenvalue weighted by atomic mass is 10.3. The second-order valence-electron chi connectivity index (χ2n) is 4.71. The van der Waals surface area contributed by atoms with Crippen molar-refractivity contribution >= 4 is 23.2 Å². The predicted molar refractivity (Wildman–Crippen MR) is 91.4 cm³/mol. The molecule has 0 spiro atoms. The molecule has 2 aromatic rings. The lowest BCUT2D eigenvalue weighted by Crippen LogP contribution is -2.33. The van der Waals surface area contributed by atoms with E-state index in [4.69, 9.17) is 21.1 Å². The lowest BCUT2D eigenvalue weighted by Gasteiger charge is -2.10. The normalized spacial score (nSPS) is 10.0. The van der Waals surface area contributed by atoms with Gasteiger partial charge in [-0.15, -0.1) is 0 Å². The summed E-state index contributed by atoms with van der Waals surface area (Å²) >= 11 is 6.00. The Bertz CT molecular complexity index is 632. The van der Waals surface area contributed by atoms with Gasteiger partial charge in [-0.25, -0.2) is 0 Å². The Hall–Kier alpha value is -2.40. The molecule has 2 aromatic carbocycles. The van der Waals surface area contributed by atoms with Crippen molar-refractivity contribution in [3.63, 3.8) is 0 Å². The van der Waals surface area contributed by atoms with Gasteiger partial charge < -0.3 is 20.1 Å². The van der Waals surface area contributed by atoms with Crippen molar-refractivity contribution in [2.75, 3.05) is 32.1 Å². The number of hydrogen-bond donors (Lipinski definition) is 2. The quantitative estimate of drug-likeness (QED) is 0.729. The van der Waals surface area contributed by atoms with Crippen LogP contribution in [0, 0.1) is 0 Å². The number of para-hydroxylation sites is 1. The van der Waals surface area contributed by atoms with Crippen LogP contribution in [0.15, 0.2) is 48.5 Å². The Kier molecular flexibility index (Phi) is 6.56. The molecular weight excluding hydrogens is 316 g/mol. The third-order valence-electron chi connectivity index (χ3n) is 3.07. The van der Waals surface area contributed by atoms with Crippen molar-refractivity contribution in [1.82, 2.24) is 5.32 Å². The molecule has 0 atom stereocenters. The molecule has 122 valence electrons. The smallest absolute Gasteiger partial charge is 0.239 e. The van der Waals surface area contributed by atoms with E-state index in [1.54, 1.807) is 13.2 Å². The number of ether oxygens (including phenoxy) is 2. The molecule has 0 heterocycles. The third-order valence-corrected chi connectivity index (χ3v) is 3.40. The van der Waals surface area contributed by atoms with Crippen molar-refractivity contribution in [2.45, 2.75) is 0 Å². The first kappa shape index (κ1) is 17.0. The number of amides is 1. The number of methoxy groups -OCH3 is 1. The Balaban J connectivity index is 1.63. The van der Waals surface area contributed by atoms with Crippen LogP contribution >= 0.6 is 11.6 Å². The summed E-state index contributed by atoms with van der Waals surface area (Å²) < 4.78 is 10.6. The van der Waals surface area contributed by atoms with E-state index < -0.39 is 0 Å². The average Bonchev–Trinajstić information content (AvgIpc) is 2.58. The van der Waals surface area contributed by atoms with E-state index >= 15 is 0 Å². The van der Waals surface area contributed by atoms with Gasteiger partial charge in [0.15, 0.2) is 0 Å². The van der Waals surface area contributed by atoms with Crippen molar-refractivity contribution in [2.24, 2.45) is 0 Å². The zero-order valence-corrected chi connectivity index (χ0v) is 13.6. The zero-order chi connectivity index (χ0) is 16.5. The maximum atomic E-state index is 11.7. The summed E-state index contributed by atoms with van der Waals surface area (Å²) in [6.07, 6.45) is 0. The molecule has 0 aromatic heterocycles. The number of hydrogen-bond acceptors (Lipinski definition) is 4. The van der Waals surface area contributed by atoms with Crippen molar-refractivity contribution in [3.8, 4) is 11.5 Å². The molecule has 0 saturated carbocycles. The highest BCUT2D eigenvalue weighted by Crippen LogP contribution is 2.19. The van der Waals surface area contributed by atoms with Crippen LogP contribution in [0.4, 0.5) is 5.69 Å². The number of benzene rings is 2. The van der Waals surface area contributed by atoms with Gasteiger partial charge in [-0.05, 0) is 36.4 Å². The molecule has 0 unspecified atom stereocenters. The number of rotatable bonds is 8. The fourth-order valence-electron chi connectivity index (χ4n) is 1.87. The highest BCUT2D eigenvalue weighted by molar-refractivity contribution is 6.33. The molecule has 6 heteroatoms. The van der Waals surface area contributed by atoms with Gasteiger partial charge in [0.2, 0.25) is 5.91 Å². The topological polar surface area (TPSA) is 59.6 Å². The summed E-state index contributed by atoms with van der Waals surface area (Å²) in [6.45, 7) is 0.978. The van der Waals surface area contributed by atoms with Crippen molar-refractivity contribution in [3.05, 3.63) is 53.6 Å². The van der Waals surface area contributed by atoms with E-state index in [-0.39, 0.29) is 12.5 Å².